The third-order valence-corrected chi connectivity index (χ3v) is 6.18. The summed E-state index contributed by atoms with van der Waals surface area (Å²) >= 11 is 1.85. The summed E-state index contributed by atoms with van der Waals surface area (Å²) < 4.78 is 2.34. The average Bonchev–Trinajstić information content (AvgIpc) is 3.09. The van der Waals surface area contributed by atoms with E-state index in [2.05, 4.69) is 49.4 Å². The highest BCUT2D eigenvalue weighted by Crippen LogP contribution is 2.35. The van der Waals surface area contributed by atoms with Gasteiger partial charge >= 0.3 is 0 Å². The van der Waals surface area contributed by atoms with Gasteiger partial charge in [-0.2, -0.15) is 0 Å². The SMILES string of the molecule is CC(C)(C)c1ccc(-c2nc3sc4c(n3c2CN)CCCC4)cc1. The van der Waals surface area contributed by atoms with E-state index >= 15 is 0 Å². The van der Waals surface area contributed by atoms with Crippen molar-refractivity contribution in [3.63, 3.8) is 0 Å². The van der Waals surface area contributed by atoms with Crippen LogP contribution in [0.2, 0.25) is 0 Å². The average molecular weight is 340 g/mol. The van der Waals surface area contributed by atoms with Crippen LogP contribution < -0.4 is 5.73 Å². The molecular formula is C20H25N3S. The molecule has 0 atom stereocenters. The third-order valence-electron chi connectivity index (χ3n) is 5.03. The van der Waals surface area contributed by atoms with Crippen molar-refractivity contribution in [3.8, 4) is 11.3 Å². The summed E-state index contributed by atoms with van der Waals surface area (Å²) in [5, 5.41) is 0. The smallest absolute Gasteiger partial charge is 0.194 e. The van der Waals surface area contributed by atoms with Crippen LogP contribution in [-0.4, -0.2) is 9.38 Å². The highest BCUT2D eigenvalue weighted by atomic mass is 32.1. The Bertz CT molecular complexity index is 878. The Kier molecular flexibility index (Phi) is 3.77. The molecule has 1 aliphatic rings. The topological polar surface area (TPSA) is 43.3 Å². The molecule has 0 saturated carbocycles. The molecule has 1 aromatic carbocycles. The first-order valence-corrected chi connectivity index (χ1v) is 9.63. The predicted octanol–water partition coefficient (Wildman–Crippen LogP) is 4.70. The molecule has 0 bridgehead atoms. The molecule has 0 saturated heterocycles. The number of fused-ring (bicyclic) bond motifs is 3. The predicted molar refractivity (Wildman–Crippen MR) is 102 cm³/mol. The van der Waals surface area contributed by atoms with Gasteiger partial charge in [0.25, 0.3) is 0 Å². The molecule has 0 fully saturated rings. The van der Waals surface area contributed by atoms with E-state index in [4.69, 9.17) is 10.7 Å². The number of imidazole rings is 1. The molecule has 0 aliphatic heterocycles. The Morgan fingerprint density at radius 1 is 1.12 bits per heavy atom. The lowest BCUT2D eigenvalue weighted by Crippen LogP contribution is -2.10. The van der Waals surface area contributed by atoms with Gasteiger partial charge in [-0.05, 0) is 36.7 Å². The van der Waals surface area contributed by atoms with Crippen LogP contribution in [-0.2, 0) is 24.8 Å². The minimum absolute atomic E-state index is 0.169. The molecule has 3 nitrogen and oxygen atoms in total. The van der Waals surface area contributed by atoms with Gasteiger partial charge in [0.05, 0.1) is 11.4 Å². The standard InChI is InChI=1S/C20H25N3S/c1-20(2,3)14-10-8-13(9-11-14)18-16(12-21)23-15-6-4-5-7-17(15)24-19(23)22-18/h8-11H,4-7,12,21H2,1-3H3. The Morgan fingerprint density at radius 3 is 2.50 bits per heavy atom. The zero-order valence-electron chi connectivity index (χ0n) is 14.7. The molecule has 4 heteroatoms. The number of hydrogen-bond donors (Lipinski definition) is 1. The van der Waals surface area contributed by atoms with Crippen LogP contribution in [0.4, 0.5) is 0 Å². The van der Waals surface area contributed by atoms with Crippen molar-refractivity contribution in [3.05, 3.63) is 46.1 Å². The van der Waals surface area contributed by atoms with Gasteiger partial charge < -0.3 is 5.73 Å². The van der Waals surface area contributed by atoms with Crippen LogP contribution in [0.15, 0.2) is 24.3 Å². The highest BCUT2D eigenvalue weighted by Gasteiger charge is 2.22. The van der Waals surface area contributed by atoms with Gasteiger partial charge in [0.2, 0.25) is 0 Å². The van der Waals surface area contributed by atoms with E-state index < -0.39 is 0 Å². The van der Waals surface area contributed by atoms with E-state index in [1.165, 1.54) is 41.0 Å². The van der Waals surface area contributed by atoms with Crippen molar-refractivity contribution in [2.45, 2.75) is 58.4 Å². The zero-order valence-corrected chi connectivity index (χ0v) is 15.5. The summed E-state index contributed by atoms with van der Waals surface area (Å²) in [7, 11) is 0. The number of aryl methyl sites for hydroxylation is 2. The molecule has 2 heterocycles. The first-order chi connectivity index (χ1) is 11.5. The van der Waals surface area contributed by atoms with Gasteiger partial charge in [-0.1, -0.05) is 45.0 Å². The Morgan fingerprint density at radius 2 is 1.83 bits per heavy atom. The Balaban J connectivity index is 1.83. The first-order valence-electron chi connectivity index (χ1n) is 8.82. The van der Waals surface area contributed by atoms with Gasteiger partial charge in [-0.3, -0.25) is 4.40 Å². The van der Waals surface area contributed by atoms with E-state index in [1.54, 1.807) is 0 Å². The van der Waals surface area contributed by atoms with Crippen molar-refractivity contribution in [2.75, 3.05) is 0 Å². The van der Waals surface area contributed by atoms with Crippen LogP contribution in [0.25, 0.3) is 16.2 Å². The van der Waals surface area contributed by atoms with Gasteiger partial charge in [0, 0.05) is 22.7 Å². The van der Waals surface area contributed by atoms with Gasteiger partial charge in [-0.25, -0.2) is 4.98 Å². The summed E-state index contributed by atoms with van der Waals surface area (Å²) in [6.45, 7) is 7.26. The molecule has 0 spiro atoms. The molecule has 0 unspecified atom stereocenters. The molecule has 4 rings (SSSR count). The quantitative estimate of drug-likeness (QED) is 0.735. The number of nitrogens with zero attached hydrogens (tertiary/aromatic N) is 2. The second-order valence-electron chi connectivity index (χ2n) is 7.74. The molecule has 0 amide bonds. The van der Waals surface area contributed by atoms with E-state index in [9.17, 15) is 0 Å². The summed E-state index contributed by atoms with van der Waals surface area (Å²) in [6, 6.07) is 8.83. The first kappa shape index (κ1) is 15.9. The van der Waals surface area contributed by atoms with E-state index in [0.717, 1.165) is 22.8 Å². The van der Waals surface area contributed by atoms with Crippen molar-refractivity contribution in [1.82, 2.24) is 9.38 Å². The largest absolute Gasteiger partial charge is 0.325 e. The molecular weight excluding hydrogens is 314 g/mol. The van der Waals surface area contributed by atoms with Gasteiger partial charge in [0.15, 0.2) is 4.96 Å². The fourth-order valence-electron chi connectivity index (χ4n) is 3.64. The van der Waals surface area contributed by atoms with E-state index in [0.29, 0.717) is 6.54 Å². The molecule has 24 heavy (non-hydrogen) atoms. The summed E-state index contributed by atoms with van der Waals surface area (Å²) in [5.41, 5.74) is 12.5. The molecule has 0 radical (unpaired) electrons. The van der Waals surface area contributed by atoms with Crippen molar-refractivity contribution in [2.24, 2.45) is 5.73 Å². The maximum Gasteiger partial charge on any atom is 0.194 e. The molecule has 3 aromatic rings. The summed E-state index contributed by atoms with van der Waals surface area (Å²) in [4.78, 5) is 7.57. The lowest BCUT2D eigenvalue weighted by atomic mass is 9.86. The van der Waals surface area contributed by atoms with Crippen molar-refractivity contribution in [1.29, 1.82) is 0 Å². The number of nitrogens with two attached hydrogens (primary N) is 1. The van der Waals surface area contributed by atoms with Gasteiger partial charge in [-0.15, -0.1) is 11.3 Å². The number of benzene rings is 1. The number of aromatic nitrogens is 2. The van der Waals surface area contributed by atoms with E-state index in [1.807, 2.05) is 11.3 Å². The highest BCUT2D eigenvalue weighted by molar-refractivity contribution is 7.17. The van der Waals surface area contributed by atoms with Gasteiger partial charge in [0.1, 0.15) is 0 Å². The second-order valence-corrected chi connectivity index (χ2v) is 8.80. The van der Waals surface area contributed by atoms with Crippen LogP contribution in [0, 0.1) is 0 Å². The molecule has 1 aliphatic carbocycles. The maximum absolute atomic E-state index is 6.13. The maximum atomic E-state index is 6.13. The second kappa shape index (κ2) is 5.71. The third kappa shape index (κ3) is 2.49. The lowest BCUT2D eigenvalue weighted by molar-refractivity contribution is 0.590. The van der Waals surface area contributed by atoms with Crippen molar-refractivity contribution >= 4 is 16.3 Å². The number of rotatable bonds is 2. The minimum atomic E-state index is 0.169. The monoisotopic (exact) mass is 339 g/mol. The Hall–Kier alpha value is -1.65. The lowest BCUT2D eigenvalue weighted by Gasteiger charge is -2.19. The zero-order chi connectivity index (χ0) is 16.9. The van der Waals surface area contributed by atoms with Crippen LogP contribution in [0.3, 0.4) is 0 Å². The normalized spacial score (nSPS) is 15.0. The van der Waals surface area contributed by atoms with Crippen LogP contribution in [0.1, 0.15) is 55.4 Å². The van der Waals surface area contributed by atoms with Crippen LogP contribution >= 0.6 is 11.3 Å². The fraction of sp³-hybridized carbons (Fsp3) is 0.450. The molecule has 2 N–H and O–H groups in total. The summed E-state index contributed by atoms with van der Waals surface area (Å²) in [5.74, 6) is 0. The Labute approximate surface area is 147 Å². The molecule has 126 valence electrons. The fourth-order valence-corrected chi connectivity index (χ4v) is 4.87. The van der Waals surface area contributed by atoms with E-state index in [-0.39, 0.29) is 5.41 Å². The minimum Gasteiger partial charge on any atom is -0.325 e. The van der Waals surface area contributed by atoms with Crippen molar-refractivity contribution < 1.29 is 0 Å². The number of hydrogen-bond acceptors (Lipinski definition) is 3. The van der Waals surface area contributed by atoms with Crippen LogP contribution in [0.5, 0.6) is 0 Å². The number of thiazole rings is 1. The molecule has 2 aromatic heterocycles. The summed E-state index contributed by atoms with van der Waals surface area (Å²) in [6.07, 6.45) is 4.93.